The van der Waals surface area contributed by atoms with Crippen molar-refractivity contribution in [1.29, 1.82) is 0 Å². The van der Waals surface area contributed by atoms with Gasteiger partial charge in [-0.1, -0.05) is 6.92 Å². The van der Waals surface area contributed by atoms with Gasteiger partial charge in [-0.15, -0.1) is 0 Å². The maximum atomic E-state index is 11.6. The van der Waals surface area contributed by atoms with E-state index in [2.05, 4.69) is 5.32 Å². The molecule has 7 nitrogen and oxygen atoms in total. The average Bonchev–Trinajstić information content (AvgIpc) is 2.24. The highest BCUT2D eigenvalue weighted by atomic mass is 32.2. The van der Waals surface area contributed by atoms with Crippen molar-refractivity contribution < 1.29 is 23.1 Å². The van der Waals surface area contributed by atoms with E-state index in [0.717, 1.165) is 17.6 Å². The van der Waals surface area contributed by atoms with Crippen LogP contribution in [-0.4, -0.2) is 55.1 Å². The van der Waals surface area contributed by atoms with E-state index in [1.165, 1.54) is 7.05 Å². The molecule has 0 heterocycles. The van der Waals surface area contributed by atoms with Crippen molar-refractivity contribution in [2.45, 2.75) is 25.5 Å². The summed E-state index contributed by atoms with van der Waals surface area (Å²) in [4.78, 5) is 21.9. The summed E-state index contributed by atoms with van der Waals surface area (Å²) in [5.41, 5.74) is 0. The average molecular weight is 266 g/mol. The lowest BCUT2D eigenvalue weighted by molar-refractivity contribution is -0.136. The molecule has 1 atom stereocenters. The molecule has 1 unspecified atom stereocenters. The Bertz CT molecular complexity index is 379. The van der Waals surface area contributed by atoms with Crippen LogP contribution < -0.4 is 5.32 Å². The normalized spacial score (nSPS) is 13.4. The van der Waals surface area contributed by atoms with Gasteiger partial charge in [-0.3, -0.25) is 9.59 Å². The summed E-state index contributed by atoms with van der Waals surface area (Å²) in [6, 6.07) is 0. The Hall–Kier alpha value is -1.15. The molecule has 0 rings (SSSR count). The van der Waals surface area contributed by atoms with Crippen molar-refractivity contribution in [2.75, 3.05) is 20.1 Å². The number of carboxylic acid groups (broad SMARTS) is 1. The van der Waals surface area contributed by atoms with Gasteiger partial charge in [0.15, 0.2) is 5.25 Å². The minimum absolute atomic E-state index is 0.375. The number of hydrogen-bond donors (Lipinski definition) is 2. The highest BCUT2D eigenvalue weighted by Crippen LogP contribution is 2.06. The van der Waals surface area contributed by atoms with Crippen LogP contribution in [0.5, 0.6) is 0 Å². The number of carboxylic acids is 1. The number of sulfonamides is 1. The molecule has 1 amide bonds. The molecule has 0 spiro atoms. The Labute approximate surface area is 101 Å². The van der Waals surface area contributed by atoms with Gasteiger partial charge in [0.05, 0.1) is 6.54 Å². The molecule has 0 aliphatic heterocycles. The number of carbonyl (C=O) groups excluding carboxylic acids is 1. The molecule has 0 aromatic rings. The smallest absolute Gasteiger partial charge is 0.323 e. The lowest BCUT2D eigenvalue weighted by Gasteiger charge is -2.19. The number of hydrogen-bond acceptors (Lipinski definition) is 4. The van der Waals surface area contributed by atoms with E-state index in [1.54, 1.807) is 0 Å². The van der Waals surface area contributed by atoms with Gasteiger partial charge < -0.3 is 10.4 Å². The van der Waals surface area contributed by atoms with Crippen LogP contribution >= 0.6 is 0 Å². The number of nitrogens with zero attached hydrogens (tertiary/aromatic N) is 1. The van der Waals surface area contributed by atoms with Gasteiger partial charge in [0, 0.05) is 13.6 Å². The van der Waals surface area contributed by atoms with E-state index in [1.807, 2.05) is 6.92 Å². The molecule has 0 aliphatic carbocycles. The lowest BCUT2D eigenvalue weighted by Crippen LogP contribution is -2.44. The van der Waals surface area contributed by atoms with Crippen LogP contribution in [0.1, 0.15) is 20.3 Å². The topological polar surface area (TPSA) is 104 Å². The Morgan fingerprint density at radius 3 is 2.35 bits per heavy atom. The zero-order valence-corrected chi connectivity index (χ0v) is 11.0. The highest BCUT2D eigenvalue weighted by Gasteiger charge is 2.32. The van der Waals surface area contributed by atoms with E-state index < -0.39 is 27.1 Å². The highest BCUT2D eigenvalue weighted by molar-refractivity contribution is 7.90. The Morgan fingerprint density at radius 2 is 1.94 bits per heavy atom. The van der Waals surface area contributed by atoms with Crippen LogP contribution in [0.4, 0.5) is 0 Å². The molecular formula is C9H18N2O5S. The monoisotopic (exact) mass is 266 g/mol. The van der Waals surface area contributed by atoms with Gasteiger partial charge in [0.1, 0.15) is 0 Å². The second-order valence-corrected chi connectivity index (χ2v) is 5.99. The first-order valence-corrected chi connectivity index (χ1v) is 6.68. The summed E-state index contributed by atoms with van der Waals surface area (Å²) in [7, 11) is -2.80. The zero-order chi connectivity index (χ0) is 13.6. The number of likely N-dealkylation sites (N-methyl/N-ethyl adjacent to an activating group) is 1. The van der Waals surface area contributed by atoms with E-state index in [-0.39, 0.29) is 6.54 Å². The first kappa shape index (κ1) is 15.9. The van der Waals surface area contributed by atoms with Gasteiger partial charge in [-0.25, -0.2) is 8.42 Å². The van der Waals surface area contributed by atoms with Crippen LogP contribution in [0.2, 0.25) is 0 Å². The number of rotatable bonds is 7. The van der Waals surface area contributed by atoms with E-state index >= 15 is 0 Å². The molecule has 0 aromatic carbocycles. The first-order chi connectivity index (χ1) is 7.73. The quantitative estimate of drug-likeness (QED) is 0.631. The third-order valence-corrected chi connectivity index (χ3v) is 4.26. The fraction of sp³-hybridized carbons (Fsp3) is 0.778. The van der Waals surface area contributed by atoms with Crippen molar-refractivity contribution in [3.63, 3.8) is 0 Å². The molecular weight excluding hydrogens is 248 g/mol. The minimum atomic E-state index is -3.99. The van der Waals surface area contributed by atoms with Crippen molar-refractivity contribution >= 4 is 21.9 Å². The van der Waals surface area contributed by atoms with Crippen molar-refractivity contribution in [2.24, 2.45) is 0 Å². The summed E-state index contributed by atoms with van der Waals surface area (Å²) < 4.78 is 24.0. The molecule has 8 heteroatoms. The van der Waals surface area contributed by atoms with Gasteiger partial charge in [0.2, 0.25) is 15.9 Å². The van der Waals surface area contributed by atoms with Crippen LogP contribution in [0, 0.1) is 0 Å². The van der Waals surface area contributed by atoms with Crippen molar-refractivity contribution in [1.82, 2.24) is 9.62 Å². The molecule has 100 valence electrons. The summed E-state index contributed by atoms with van der Waals surface area (Å²) >= 11 is 0. The van der Waals surface area contributed by atoms with Crippen LogP contribution in [0.15, 0.2) is 0 Å². The second kappa shape index (κ2) is 6.55. The second-order valence-electron chi connectivity index (χ2n) is 3.63. The van der Waals surface area contributed by atoms with Crippen LogP contribution in [0.25, 0.3) is 0 Å². The van der Waals surface area contributed by atoms with Crippen LogP contribution in [-0.2, 0) is 19.6 Å². The maximum absolute atomic E-state index is 11.6. The summed E-state index contributed by atoms with van der Waals surface area (Å²) in [5, 5.41) is 9.58. The molecule has 0 fully saturated rings. The molecule has 17 heavy (non-hydrogen) atoms. The lowest BCUT2D eigenvalue weighted by atomic mass is 10.4. The number of carbonyl (C=O) groups is 2. The van der Waals surface area contributed by atoms with E-state index in [9.17, 15) is 18.0 Å². The Kier molecular flexibility index (Phi) is 6.11. The first-order valence-electron chi connectivity index (χ1n) is 5.18. The summed E-state index contributed by atoms with van der Waals surface area (Å²) in [6.07, 6.45) is 0.744. The van der Waals surface area contributed by atoms with E-state index in [4.69, 9.17) is 5.11 Å². The molecule has 0 saturated carbocycles. The molecule has 0 saturated heterocycles. The minimum Gasteiger partial charge on any atom is -0.480 e. The predicted molar refractivity (Wildman–Crippen MR) is 61.9 cm³/mol. The molecule has 0 aliphatic rings. The van der Waals surface area contributed by atoms with Crippen molar-refractivity contribution in [3.05, 3.63) is 0 Å². The predicted octanol–water partition coefficient (Wildman–Crippen LogP) is -0.753. The standard InChI is InChI=1S/C9H18N2O5S/c1-4-5-10-8(12)6-11(3)17(15,16)7(2)9(13)14/h7H,4-6H2,1-3H3,(H,10,12)(H,13,14). The summed E-state index contributed by atoms with van der Waals surface area (Å²) in [6.45, 7) is 3.02. The number of nitrogens with one attached hydrogen (secondary N) is 1. The van der Waals surface area contributed by atoms with Gasteiger partial charge in [-0.05, 0) is 13.3 Å². The third kappa shape index (κ3) is 4.70. The Balaban J connectivity index is 4.55. The third-order valence-electron chi connectivity index (χ3n) is 2.17. The fourth-order valence-electron chi connectivity index (χ4n) is 1.01. The fourth-order valence-corrected chi connectivity index (χ4v) is 2.10. The number of aliphatic carboxylic acids is 1. The zero-order valence-electron chi connectivity index (χ0n) is 10.1. The van der Waals surface area contributed by atoms with Gasteiger partial charge in [-0.2, -0.15) is 4.31 Å². The molecule has 0 bridgehead atoms. The largest absolute Gasteiger partial charge is 0.480 e. The van der Waals surface area contributed by atoms with E-state index in [0.29, 0.717) is 6.54 Å². The van der Waals surface area contributed by atoms with Crippen LogP contribution in [0.3, 0.4) is 0 Å². The molecule has 0 aromatic heterocycles. The summed E-state index contributed by atoms with van der Waals surface area (Å²) in [5.74, 6) is -1.89. The Morgan fingerprint density at radius 1 is 1.41 bits per heavy atom. The SMILES string of the molecule is CCCNC(=O)CN(C)S(=O)(=O)C(C)C(=O)O. The number of amides is 1. The molecule has 2 N–H and O–H groups in total. The molecule has 0 radical (unpaired) electrons. The van der Waals surface area contributed by atoms with Gasteiger partial charge >= 0.3 is 5.97 Å². The van der Waals surface area contributed by atoms with Gasteiger partial charge in [0.25, 0.3) is 0 Å². The van der Waals surface area contributed by atoms with Crippen molar-refractivity contribution in [3.8, 4) is 0 Å². The maximum Gasteiger partial charge on any atom is 0.323 e.